The van der Waals surface area contributed by atoms with Crippen molar-refractivity contribution in [2.75, 3.05) is 20.3 Å². The lowest BCUT2D eigenvalue weighted by molar-refractivity contribution is -0.385. The highest BCUT2D eigenvalue weighted by molar-refractivity contribution is 8.55. The van der Waals surface area contributed by atoms with Gasteiger partial charge in [0.1, 0.15) is 5.56 Å². The van der Waals surface area contributed by atoms with Crippen LogP contribution in [0.3, 0.4) is 0 Å². The molecule has 0 saturated heterocycles. The van der Waals surface area contributed by atoms with E-state index in [1.807, 2.05) is 0 Å². The number of nitro benzene ring substituents is 1. The number of nitro groups is 1. The van der Waals surface area contributed by atoms with Crippen molar-refractivity contribution in [3.8, 4) is 0 Å². The minimum atomic E-state index is -3.44. The summed E-state index contributed by atoms with van der Waals surface area (Å²) in [6.45, 7) is 0.257. The molecule has 0 aromatic heterocycles. The maximum atomic E-state index is 12.4. The van der Waals surface area contributed by atoms with Gasteiger partial charge in [0.2, 0.25) is 0 Å². The highest BCUT2D eigenvalue weighted by Gasteiger charge is 2.28. The molecule has 8 nitrogen and oxygen atoms in total. The molecule has 0 aliphatic heterocycles. The molecule has 0 fully saturated rings. The molecular formula is C12H16NO7PS. The van der Waals surface area contributed by atoms with E-state index in [0.717, 1.165) is 24.6 Å². The van der Waals surface area contributed by atoms with E-state index in [-0.39, 0.29) is 24.5 Å². The van der Waals surface area contributed by atoms with Gasteiger partial charge in [-0.3, -0.25) is 10.1 Å². The number of nitrogens with zero attached hydrogens (tertiary/aromatic N) is 1. The highest BCUT2D eigenvalue weighted by atomic mass is 32.7. The quantitative estimate of drug-likeness (QED) is 0.303. The monoisotopic (exact) mass is 349 g/mol. The fourth-order valence-corrected chi connectivity index (χ4v) is 4.97. The van der Waals surface area contributed by atoms with Crippen LogP contribution in [0, 0.1) is 10.1 Å². The van der Waals surface area contributed by atoms with Crippen LogP contribution in [-0.4, -0.2) is 31.2 Å². The van der Waals surface area contributed by atoms with Crippen LogP contribution < -0.4 is 0 Å². The van der Waals surface area contributed by atoms with Crippen LogP contribution in [0.25, 0.3) is 0 Å². The summed E-state index contributed by atoms with van der Waals surface area (Å²) in [5, 5.41) is 10.9. The summed E-state index contributed by atoms with van der Waals surface area (Å²) < 4.78 is 27.2. The Kier molecular flexibility index (Phi) is 7.02. The Labute approximate surface area is 131 Å². The summed E-state index contributed by atoms with van der Waals surface area (Å²) in [5.41, 5.74) is -0.615. The predicted molar refractivity (Wildman–Crippen MR) is 81.2 cm³/mol. The van der Waals surface area contributed by atoms with Crippen LogP contribution in [-0.2, 0) is 18.3 Å². The van der Waals surface area contributed by atoms with Gasteiger partial charge in [0, 0.05) is 11.0 Å². The average Bonchev–Trinajstić information content (AvgIpc) is 2.46. The molecule has 0 amide bonds. The molecule has 0 saturated carbocycles. The Bertz CT molecular complexity index is 597. The number of esters is 1. The molecule has 1 aromatic carbocycles. The van der Waals surface area contributed by atoms with E-state index in [9.17, 15) is 19.5 Å². The molecule has 22 heavy (non-hydrogen) atoms. The maximum Gasteiger partial charge on any atom is 0.393 e. The first kappa shape index (κ1) is 18.6. The molecule has 0 radical (unpaired) electrons. The van der Waals surface area contributed by atoms with Gasteiger partial charge in [-0.25, -0.2) is 9.36 Å². The molecule has 0 aliphatic rings. The van der Waals surface area contributed by atoms with Gasteiger partial charge < -0.3 is 13.8 Å². The Balaban J connectivity index is 3.18. The number of benzene rings is 1. The second kappa shape index (κ2) is 8.28. The Morgan fingerprint density at radius 3 is 2.36 bits per heavy atom. The zero-order valence-electron chi connectivity index (χ0n) is 12.3. The zero-order valence-corrected chi connectivity index (χ0v) is 14.0. The van der Waals surface area contributed by atoms with Crippen molar-refractivity contribution in [1.82, 2.24) is 0 Å². The summed E-state index contributed by atoms with van der Waals surface area (Å²) in [7, 11) is 1.12. The first-order valence-corrected chi connectivity index (χ1v) is 9.28. The number of rotatable bonds is 8. The minimum Gasteiger partial charge on any atom is -0.465 e. The summed E-state index contributed by atoms with van der Waals surface area (Å²) in [5.74, 6) is -0.850. The van der Waals surface area contributed by atoms with Crippen LogP contribution in [0.15, 0.2) is 23.1 Å². The number of ether oxygens (including phenoxy) is 1. The Hall–Kier alpha value is -1.41. The third-order valence-corrected chi connectivity index (χ3v) is 6.13. The topological polar surface area (TPSA) is 105 Å². The molecule has 0 bridgehead atoms. The lowest BCUT2D eigenvalue weighted by Crippen LogP contribution is -2.05. The number of carbonyl (C=O) groups is 1. The first-order valence-electron chi connectivity index (χ1n) is 6.32. The number of carbonyl (C=O) groups excluding carboxylic acids is 1. The van der Waals surface area contributed by atoms with Gasteiger partial charge in [0.25, 0.3) is 5.69 Å². The van der Waals surface area contributed by atoms with Crippen LogP contribution in [0.4, 0.5) is 5.69 Å². The zero-order chi connectivity index (χ0) is 16.8. The largest absolute Gasteiger partial charge is 0.465 e. The van der Waals surface area contributed by atoms with Gasteiger partial charge in [-0.2, -0.15) is 0 Å². The highest BCUT2D eigenvalue weighted by Crippen LogP contribution is 2.63. The predicted octanol–water partition coefficient (Wildman–Crippen LogP) is 3.65. The van der Waals surface area contributed by atoms with Gasteiger partial charge in [-0.05, 0) is 37.4 Å². The van der Waals surface area contributed by atoms with E-state index < -0.39 is 17.7 Å². The molecular weight excluding hydrogens is 333 g/mol. The smallest absolute Gasteiger partial charge is 0.393 e. The first-order chi connectivity index (χ1) is 10.4. The summed E-state index contributed by atoms with van der Waals surface area (Å²) in [4.78, 5) is 22.2. The normalized spacial score (nSPS) is 11.2. The van der Waals surface area contributed by atoms with E-state index in [2.05, 4.69) is 4.74 Å². The van der Waals surface area contributed by atoms with Crippen LogP contribution in [0.5, 0.6) is 0 Å². The lowest BCUT2D eigenvalue weighted by atomic mass is 10.2. The number of methoxy groups -OCH3 is 1. The van der Waals surface area contributed by atoms with Crippen LogP contribution >= 0.6 is 18.2 Å². The number of hydrogen-bond acceptors (Lipinski definition) is 8. The van der Waals surface area contributed by atoms with Gasteiger partial charge in [0.05, 0.1) is 25.2 Å². The fraction of sp³-hybridized carbons (Fsp3) is 0.417. The van der Waals surface area contributed by atoms with Gasteiger partial charge in [-0.15, -0.1) is 0 Å². The lowest BCUT2D eigenvalue weighted by Gasteiger charge is -2.16. The molecule has 0 atom stereocenters. The molecule has 10 heteroatoms. The summed E-state index contributed by atoms with van der Waals surface area (Å²) >= 11 is 0.783. The summed E-state index contributed by atoms with van der Waals surface area (Å²) in [6.07, 6.45) is 0. The second-order valence-electron chi connectivity index (χ2n) is 3.80. The average molecular weight is 349 g/mol. The van der Waals surface area contributed by atoms with Gasteiger partial charge in [0.15, 0.2) is 0 Å². The molecule has 1 aromatic rings. The van der Waals surface area contributed by atoms with Crippen LogP contribution in [0.2, 0.25) is 0 Å². The van der Waals surface area contributed by atoms with E-state index in [4.69, 9.17) is 9.05 Å². The van der Waals surface area contributed by atoms with E-state index in [1.54, 1.807) is 13.8 Å². The SMILES string of the molecule is CCOP(=O)(OCC)Sc1ccc([N+](=O)[O-])c(C(=O)OC)c1. The Morgan fingerprint density at radius 2 is 1.91 bits per heavy atom. The van der Waals surface area contributed by atoms with Crippen molar-refractivity contribution >= 4 is 29.8 Å². The maximum absolute atomic E-state index is 12.4. The molecule has 0 aliphatic carbocycles. The third-order valence-electron chi connectivity index (χ3n) is 2.36. The van der Waals surface area contributed by atoms with Crippen molar-refractivity contribution in [1.29, 1.82) is 0 Å². The third kappa shape index (κ3) is 4.81. The van der Waals surface area contributed by atoms with Crippen LogP contribution in [0.1, 0.15) is 24.2 Å². The fourth-order valence-electron chi connectivity index (χ4n) is 1.54. The van der Waals surface area contributed by atoms with Crippen molar-refractivity contribution in [3.05, 3.63) is 33.9 Å². The minimum absolute atomic E-state index is 0.182. The molecule has 122 valence electrons. The van der Waals surface area contributed by atoms with Crippen molar-refractivity contribution in [3.63, 3.8) is 0 Å². The van der Waals surface area contributed by atoms with E-state index in [0.29, 0.717) is 4.90 Å². The Morgan fingerprint density at radius 1 is 1.32 bits per heavy atom. The van der Waals surface area contributed by atoms with Gasteiger partial charge >= 0.3 is 12.8 Å². The molecule has 0 spiro atoms. The van der Waals surface area contributed by atoms with Crippen molar-refractivity contribution in [2.45, 2.75) is 18.7 Å². The second-order valence-corrected chi connectivity index (χ2v) is 7.76. The molecule has 0 heterocycles. The van der Waals surface area contributed by atoms with Crippen molar-refractivity contribution in [2.24, 2.45) is 0 Å². The van der Waals surface area contributed by atoms with Gasteiger partial charge in [-0.1, -0.05) is 0 Å². The molecule has 0 N–H and O–H groups in total. The number of hydrogen-bond donors (Lipinski definition) is 0. The summed E-state index contributed by atoms with van der Waals surface area (Å²) in [6, 6.07) is 3.76. The van der Waals surface area contributed by atoms with E-state index in [1.165, 1.54) is 12.1 Å². The molecule has 0 unspecified atom stereocenters. The standard InChI is InChI=1S/C12H16NO7PS/c1-4-19-21(17,20-5-2)22-9-6-7-11(13(15)16)10(8-9)12(14)18-3/h6-8H,4-5H2,1-3H3. The van der Waals surface area contributed by atoms with E-state index >= 15 is 0 Å². The molecule has 1 rings (SSSR count). The van der Waals surface area contributed by atoms with Crippen molar-refractivity contribution < 1.29 is 28.1 Å².